The highest BCUT2D eigenvalue weighted by atomic mass is 16.4. The highest BCUT2D eigenvalue weighted by Crippen LogP contribution is 2.02. The van der Waals surface area contributed by atoms with Gasteiger partial charge in [0.25, 0.3) is 0 Å². The third-order valence-electron chi connectivity index (χ3n) is 1.98. The molecule has 0 bridgehead atoms. The van der Waals surface area contributed by atoms with Crippen molar-refractivity contribution in [3.05, 3.63) is 0 Å². The third-order valence-corrected chi connectivity index (χ3v) is 1.98. The van der Waals surface area contributed by atoms with E-state index in [9.17, 15) is 14.4 Å². The Labute approximate surface area is 93.4 Å². The van der Waals surface area contributed by atoms with Crippen LogP contribution in [0.15, 0.2) is 0 Å². The lowest BCUT2D eigenvalue weighted by atomic mass is 10.0. The van der Waals surface area contributed by atoms with Gasteiger partial charge in [0, 0.05) is 0 Å². The molecular weight excluding hydrogens is 214 g/mol. The smallest absolute Gasteiger partial charge is 0.325 e. The molecule has 7 nitrogen and oxygen atoms in total. The second-order valence-corrected chi connectivity index (χ2v) is 3.80. The summed E-state index contributed by atoms with van der Waals surface area (Å²) in [6.07, 6.45) is 0. The molecule has 0 aliphatic heterocycles. The molecule has 3 amide bonds. The van der Waals surface area contributed by atoms with Crippen LogP contribution in [0.5, 0.6) is 0 Å². The molecule has 2 unspecified atom stereocenters. The predicted octanol–water partition coefficient (Wildman–Crippen LogP) is -0.731. The van der Waals surface area contributed by atoms with Crippen LogP contribution in [-0.2, 0) is 9.59 Å². The number of amides is 3. The lowest BCUT2D eigenvalue weighted by Gasteiger charge is -2.21. The van der Waals surface area contributed by atoms with Gasteiger partial charge in [-0.15, -0.1) is 0 Å². The molecule has 0 aliphatic carbocycles. The first-order valence-electron chi connectivity index (χ1n) is 4.84. The molecule has 0 aliphatic rings. The normalized spacial score (nSPS) is 14.0. The van der Waals surface area contributed by atoms with Gasteiger partial charge in [0.1, 0.15) is 12.1 Å². The van der Waals surface area contributed by atoms with E-state index in [1.54, 1.807) is 13.8 Å². The summed E-state index contributed by atoms with van der Waals surface area (Å²) in [5.74, 6) is -1.90. The number of carbonyl (C=O) groups excluding carboxylic acids is 2. The van der Waals surface area contributed by atoms with Crippen LogP contribution in [0, 0.1) is 5.92 Å². The molecule has 0 aromatic heterocycles. The molecule has 0 saturated carbocycles. The van der Waals surface area contributed by atoms with Crippen LogP contribution in [0.3, 0.4) is 0 Å². The number of urea groups is 1. The molecule has 0 heterocycles. The molecule has 7 heteroatoms. The zero-order chi connectivity index (χ0) is 12.9. The van der Waals surface area contributed by atoms with E-state index in [4.69, 9.17) is 10.8 Å². The lowest BCUT2D eigenvalue weighted by Crippen LogP contribution is -2.54. The first kappa shape index (κ1) is 14.2. The summed E-state index contributed by atoms with van der Waals surface area (Å²) in [6.45, 7) is 4.76. The van der Waals surface area contributed by atoms with Crippen LogP contribution in [0.1, 0.15) is 20.8 Å². The molecule has 0 aromatic carbocycles. The van der Waals surface area contributed by atoms with Crippen LogP contribution in [-0.4, -0.2) is 35.1 Å². The zero-order valence-electron chi connectivity index (χ0n) is 9.48. The number of nitrogens with one attached hydrogen (secondary N) is 2. The Bertz CT molecular complexity index is 290. The van der Waals surface area contributed by atoms with E-state index in [2.05, 4.69) is 10.6 Å². The van der Waals surface area contributed by atoms with Crippen molar-refractivity contribution in [3.8, 4) is 0 Å². The summed E-state index contributed by atoms with van der Waals surface area (Å²) in [5, 5.41) is 13.1. The summed E-state index contributed by atoms with van der Waals surface area (Å²) in [6, 6.07) is -2.67. The van der Waals surface area contributed by atoms with E-state index in [0.717, 1.165) is 0 Å². The minimum Gasteiger partial charge on any atom is -0.480 e. The van der Waals surface area contributed by atoms with Crippen LogP contribution in [0.2, 0.25) is 0 Å². The second-order valence-electron chi connectivity index (χ2n) is 3.80. The maximum Gasteiger partial charge on any atom is 0.325 e. The number of hydrogen-bond donors (Lipinski definition) is 4. The molecule has 92 valence electrons. The van der Waals surface area contributed by atoms with Gasteiger partial charge in [0.05, 0.1) is 0 Å². The topological polar surface area (TPSA) is 122 Å². The van der Waals surface area contributed by atoms with Crippen molar-refractivity contribution in [2.45, 2.75) is 32.9 Å². The van der Waals surface area contributed by atoms with Crippen molar-refractivity contribution in [3.63, 3.8) is 0 Å². The summed E-state index contributed by atoms with van der Waals surface area (Å²) in [7, 11) is 0. The molecule has 0 rings (SSSR count). The molecule has 0 saturated heterocycles. The van der Waals surface area contributed by atoms with Crippen LogP contribution >= 0.6 is 0 Å². The fraction of sp³-hybridized carbons (Fsp3) is 0.667. The number of hydrogen-bond acceptors (Lipinski definition) is 3. The highest BCUT2D eigenvalue weighted by molar-refractivity contribution is 5.89. The molecule has 2 atom stereocenters. The van der Waals surface area contributed by atoms with Crippen molar-refractivity contribution in [1.82, 2.24) is 10.6 Å². The lowest BCUT2D eigenvalue weighted by molar-refractivity contribution is -0.141. The SMILES string of the molecule is CC(NC(=O)C(NC(N)=O)C(C)C)C(=O)O. The standard InChI is InChI=1S/C9H17N3O4/c1-4(2)6(12-9(10)16)7(13)11-5(3)8(14)15/h4-6H,1-3H3,(H,11,13)(H,14,15)(H3,10,12,16). The molecular formula is C9H17N3O4. The van der Waals surface area contributed by atoms with Crippen LogP contribution in [0.4, 0.5) is 4.79 Å². The number of rotatable bonds is 5. The number of carboxylic acid groups (broad SMARTS) is 1. The van der Waals surface area contributed by atoms with E-state index in [0.29, 0.717) is 0 Å². The van der Waals surface area contributed by atoms with Gasteiger partial charge in [-0.05, 0) is 12.8 Å². The average Bonchev–Trinajstić information content (AvgIpc) is 2.12. The fourth-order valence-electron chi connectivity index (χ4n) is 1.05. The maximum atomic E-state index is 11.6. The quantitative estimate of drug-likeness (QED) is 0.498. The van der Waals surface area contributed by atoms with Crippen molar-refractivity contribution >= 4 is 17.9 Å². The van der Waals surface area contributed by atoms with Gasteiger partial charge in [-0.3, -0.25) is 9.59 Å². The zero-order valence-corrected chi connectivity index (χ0v) is 9.48. The molecule has 0 radical (unpaired) electrons. The minimum absolute atomic E-state index is 0.187. The Kier molecular flexibility index (Phi) is 5.27. The Morgan fingerprint density at radius 2 is 1.62 bits per heavy atom. The van der Waals surface area contributed by atoms with Gasteiger partial charge in [0.15, 0.2) is 0 Å². The van der Waals surface area contributed by atoms with Gasteiger partial charge in [-0.25, -0.2) is 4.79 Å². The van der Waals surface area contributed by atoms with E-state index >= 15 is 0 Å². The van der Waals surface area contributed by atoms with Gasteiger partial charge >= 0.3 is 12.0 Å². The number of nitrogens with two attached hydrogens (primary N) is 1. The van der Waals surface area contributed by atoms with E-state index < -0.39 is 30.0 Å². The van der Waals surface area contributed by atoms with E-state index in [1.807, 2.05) is 0 Å². The summed E-state index contributed by atoms with van der Waals surface area (Å²) in [4.78, 5) is 32.8. The van der Waals surface area contributed by atoms with Gasteiger partial charge in [-0.2, -0.15) is 0 Å². The summed E-state index contributed by atoms with van der Waals surface area (Å²) < 4.78 is 0. The predicted molar refractivity (Wildman–Crippen MR) is 56.6 cm³/mol. The van der Waals surface area contributed by atoms with Gasteiger partial charge < -0.3 is 21.5 Å². The third kappa shape index (κ3) is 4.63. The maximum absolute atomic E-state index is 11.6. The molecule has 0 spiro atoms. The van der Waals surface area contributed by atoms with Gasteiger partial charge in [-0.1, -0.05) is 13.8 Å². The largest absolute Gasteiger partial charge is 0.480 e. The minimum atomic E-state index is -1.14. The van der Waals surface area contributed by atoms with Crippen molar-refractivity contribution in [1.29, 1.82) is 0 Å². The van der Waals surface area contributed by atoms with Gasteiger partial charge in [0.2, 0.25) is 5.91 Å². The Morgan fingerprint density at radius 3 is 1.94 bits per heavy atom. The first-order chi connectivity index (χ1) is 7.25. The van der Waals surface area contributed by atoms with Crippen LogP contribution < -0.4 is 16.4 Å². The summed E-state index contributed by atoms with van der Waals surface area (Å²) in [5.41, 5.74) is 4.91. The van der Waals surface area contributed by atoms with E-state index in [-0.39, 0.29) is 5.92 Å². The van der Waals surface area contributed by atoms with Crippen molar-refractivity contribution in [2.24, 2.45) is 11.7 Å². The summed E-state index contributed by atoms with van der Waals surface area (Å²) >= 11 is 0. The highest BCUT2D eigenvalue weighted by Gasteiger charge is 2.25. The molecule has 16 heavy (non-hydrogen) atoms. The number of aliphatic carboxylic acids is 1. The Morgan fingerprint density at radius 1 is 1.12 bits per heavy atom. The number of carboxylic acids is 1. The monoisotopic (exact) mass is 231 g/mol. The van der Waals surface area contributed by atoms with Crippen molar-refractivity contribution < 1.29 is 19.5 Å². The number of carbonyl (C=O) groups is 3. The molecule has 0 aromatic rings. The fourth-order valence-corrected chi connectivity index (χ4v) is 1.05. The Hall–Kier alpha value is -1.79. The first-order valence-corrected chi connectivity index (χ1v) is 4.84. The average molecular weight is 231 g/mol. The van der Waals surface area contributed by atoms with Crippen LogP contribution in [0.25, 0.3) is 0 Å². The number of primary amides is 1. The van der Waals surface area contributed by atoms with Crippen molar-refractivity contribution in [2.75, 3.05) is 0 Å². The second kappa shape index (κ2) is 5.94. The molecule has 5 N–H and O–H groups in total. The Balaban J connectivity index is 4.50. The molecule has 0 fully saturated rings. The van der Waals surface area contributed by atoms with E-state index in [1.165, 1.54) is 6.92 Å².